The van der Waals surface area contributed by atoms with E-state index in [2.05, 4.69) is 39.8 Å². The molecule has 144 valence electrons. The van der Waals surface area contributed by atoms with Gasteiger partial charge in [-0.25, -0.2) is 0 Å². The molecule has 0 aromatic heterocycles. The van der Waals surface area contributed by atoms with Crippen molar-refractivity contribution in [1.29, 1.82) is 0 Å². The van der Waals surface area contributed by atoms with E-state index in [4.69, 9.17) is 17.0 Å². The standard InChI is InChI=1S/C22H29N3OS/c1-26-20-12-10-19(11-13-20)21(25-14-6-3-7-15-25)17-24-22(27)23-16-18-8-4-2-5-9-18/h2,4-5,8-13,21H,3,6-7,14-17H2,1H3,(H2,23,24,27)/t21-/m0/s1. The minimum absolute atomic E-state index is 0.313. The monoisotopic (exact) mass is 383 g/mol. The molecule has 2 aromatic rings. The minimum atomic E-state index is 0.313. The summed E-state index contributed by atoms with van der Waals surface area (Å²) in [7, 11) is 1.70. The van der Waals surface area contributed by atoms with Crippen LogP contribution in [-0.4, -0.2) is 36.8 Å². The van der Waals surface area contributed by atoms with Crippen LogP contribution in [0, 0.1) is 0 Å². The van der Waals surface area contributed by atoms with Crippen LogP contribution >= 0.6 is 12.2 Å². The summed E-state index contributed by atoms with van der Waals surface area (Å²) in [6.07, 6.45) is 3.86. The molecule has 1 aliphatic rings. The van der Waals surface area contributed by atoms with Gasteiger partial charge in [-0.1, -0.05) is 48.9 Å². The maximum atomic E-state index is 5.50. The Kier molecular flexibility index (Phi) is 7.48. The van der Waals surface area contributed by atoms with Crippen LogP contribution in [0.2, 0.25) is 0 Å². The first-order chi connectivity index (χ1) is 13.3. The Labute approximate surface area is 167 Å². The second kappa shape index (κ2) is 10.3. The summed E-state index contributed by atoms with van der Waals surface area (Å²) in [6, 6.07) is 19.0. The van der Waals surface area contributed by atoms with Crippen LogP contribution in [0.5, 0.6) is 5.75 Å². The number of hydrogen-bond donors (Lipinski definition) is 2. The van der Waals surface area contributed by atoms with Gasteiger partial charge in [0.25, 0.3) is 0 Å². The molecule has 1 saturated heterocycles. The van der Waals surface area contributed by atoms with Crippen molar-refractivity contribution in [3.63, 3.8) is 0 Å². The van der Waals surface area contributed by atoms with Crippen molar-refractivity contribution in [2.24, 2.45) is 0 Å². The number of likely N-dealkylation sites (tertiary alicyclic amines) is 1. The van der Waals surface area contributed by atoms with Gasteiger partial charge in [0.05, 0.1) is 13.2 Å². The van der Waals surface area contributed by atoms with Crippen molar-refractivity contribution in [2.45, 2.75) is 31.8 Å². The molecule has 27 heavy (non-hydrogen) atoms. The van der Waals surface area contributed by atoms with Gasteiger partial charge in [0.15, 0.2) is 5.11 Å². The predicted octanol–water partition coefficient (Wildman–Crippen LogP) is 3.89. The zero-order valence-corrected chi connectivity index (χ0v) is 16.8. The summed E-state index contributed by atoms with van der Waals surface area (Å²) in [4.78, 5) is 2.57. The van der Waals surface area contributed by atoms with E-state index in [0.717, 1.165) is 31.9 Å². The van der Waals surface area contributed by atoms with Gasteiger partial charge in [-0.15, -0.1) is 0 Å². The Hall–Kier alpha value is -2.11. The highest BCUT2D eigenvalue weighted by molar-refractivity contribution is 7.80. The van der Waals surface area contributed by atoms with E-state index in [1.165, 1.54) is 30.4 Å². The lowest BCUT2D eigenvalue weighted by molar-refractivity contribution is 0.164. The van der Waals surface area contributed by atoms with Crippen LogP contribution in [0.25, 0.3) is 0 Å². The van der Waals surface area contributed by atoms with E-state index in [0.29, 0.717) is 11.2 Å². The Balaban J connectivity index is 1.59. The number of nitrogens with zero attached hydrogens (tertiary/aromatic N) is 1. The number of piperidine rings is 1. The van der Waals surface area contributed by atoms with E-state index < -0.39 is 0 Å². The smallest absolute Gasteiger partial charge is 0.166 e. The first-order valence-electron chi connectivity index (χ1n) is 9.70. The van der Waals surface area contributed by atoms with Crippen LogP contribution in [-0.2, 0) is 6.54 Å². The minimum Gasteiger partial charge on any atom is -0.497 e. The lowest BCUT2D eigenvalue weighted by Gasteiger charge is -2.35. The Morgan fingerprint density at radius 1 is 1.00 bits per heavy atom. The van der Waals surface area contributed by atoms with Gasteiger partial charge in [0.1, 0.15) is 5.75 Å². The van der Waals surface area contributed by atoms with Crippen LogP contribution < -0.4 is 15.4 Å². The van der Waals surface area contributed by atoms with E-state index >= 15 is 0 Å². The summed E-state index contributed by atoms with van der Waals surface area (Å²) in [5, 5.41) is 7.44. The number of rotatable bonds is 7. The third kappa shape index (κ3) is 5.94. The normalized spacial score (nSPS) is 15.7. The highest BCUT2D eigenvalue weighted by atomic mass is 32.1. The molecule has 1 heterocycles. The van der Waals surface area contributed by atoms with Crippen molar-refractivity contribution in [1.82, 2.24) is 15.5 Å². The summed E-state index contributed by atoms with van der Waals surface area (Å²) < 4.78 is 5.31. The number of hydrogen-bond acceptors (Lipinski definition) is 3. The molecule has 0 amide bonds. The number of nitrogens with one attached hydrogen (secondary N) is 2. The number of thiocarbonyl (C=S) groups is 1. The second-order valence-corrected chi connectivity index (χ2v) is 7.34. The fourth-order valence-corrected chi connectivity index (χ4v) is 3.70. The van der Waals surface area contributed by atoms with Gasteiger partial charge in [-0.3, -0.25) is 4.90 Å². The molecule has 0 saturated carbocycles. The number of benzene rings is 2. The summed E-state index contributed by atoms with van der Waals surface area (Å²) in [6.45, 7) is 3.82. The Bertz CT molecular complexity index is 699. The molecule has 4 nitrogen and oxygen atoms in total. The zero-order chi connectivity index (χ0) is 18.9. The lowest BCUT2D eigenvalue weighted by Crippen LogP contribution is -2.43. The molecule has 0 aliphatic carbocycles. The highest BCUT2D eigenvalue weighted by Crippen LogP contribution is 2.25. The van der Waals surface area contributed by atoms with Gasteiger partial charge in [0.2, 0.25) is 0 Å². The van der Waals surface area contributed by atoms with Crippen molar-refractivity contribution in [3.8, 4) is 5.75 Å². The molecule has 0 unspecified atom stereocenters. The third-order valence-corrected chi connectivity index (χ3v) is 5.37. The van der Waals surface area contributed by atoms with Crippen molar-refractivity contribution in [3.05, 3.63) is 65.7 Å². The van der Waals surface area contributed by atoms with E-state index in [9.17, 15) is 0 Å². The van der Waals surface area contributed by atoms with E-state index in [-0.39, 0.29) is 0 Å². The van der Waals surface area contributed by atoms with Crippen LogP contribution in [0.3, 0.4) is 0 Å². The molecule has 5 heteroatoms. The highest BCUT2D eigenvalue weighted by Gasteiger charge is 2.22. The molecule has 2 N–H and O–H groups in total. The lowest BCUT2D eigenvalue weighted by atomic mass is 10.0. The van der Waals surface area contributed by atoms with Crippen LogP contribution in [0.4, 0.5) is 0 Å². The molecule has 0 bridgehead atoms. The first-order valence-corrected chi connectivity index (χ1v) is 10.1. The molecule has 0 spiro atoms. The average Bonchev–Trinajstić information content (AvgIpc) is 2.74. The molecule has 0 radical (unpaired) electrons. The summed E-state index contributed by atoms with van der Waals surface area (Å²) in [5.74, 6) is 0.893. The van der Waals surface area contributed by atoms with Crippen molar-refractivity contribution in [2.75, 3.05) is 26.7 Å². The Morgan fingerprint density at radius 2 is 1.70 bits per heavy atom. The van der Waals surface area contributed by atoms with Crippen LogP contribution in [0.15, 0.2) is 54.6 Å². The quantitative estimate of drug-likeness (QED) is 0.710. The molecule has 2 aromatic carbocycles. The topological polar surface area (TPSA) is 36.5 Å². The largest absolute Gasteiger partial charge is 0.497 e. The van der Waals surface area contributed by atoms with Gasteiger partial charge in [0, 0.05) is 13.1 Å². The maximum Gasteiger partial charge on any atom is 0.166 e. The predicted molar refractivity (Wildman–Crippen MR) is 115 cm³/mol. The second-order valence-electron chi connectivity index (χ2n) is 6.93. The number of methoxy groups -OCH3 is 1. The maximum absolute atomic E-state index is 5.50. The fraction of sp³-hybridized carbons (Fsp3) is 0.409. The van der Waals surface area contributed by atoms with E-state index in [1.807, 2.05) is 30.3 Å². The molecule has 1 fully saturated rings. The van der Waals surface area contributed by atoms with Gasteiger partial charge in [-0.05, 0) is 61.4 Å². The third-order valence-electron chi connectivity index (χ3n) is 5.08. The first kappa shape index (κ1) is 19.6. The molecule has 3 rings (SSSR count). The summed E-state index contributed by atoms with van der Waals surface area (Å²) in [5.41, 5.74) is 2.53. The van der Waals surface area contributed by atoms with Gasteiger partial charge < -0.3 is 15.4 Å². The van der Waals surface area contributed by atoms with Crippen molar-refractivity contribution < 1.29 is 4.74 Å². The van der Waals surface area contributed by atoms with Gasteiger partial charge in [-0.2, -0.15) is 0 Å². The van der Waals surface area contributed by atoms with Crippen molar-refractivity contribution >= 4 is 17.3 Å². The zero-order valence-electron chi connectivity index (χ0n) is 16.0. The SMILES string of the molecule is COc1ccc([C@H](CNC(=S)NCc2ccccc2)N2CCCCC2)cc1. The van der Waals surface area contributed by atoms with E-state index in [1.54, 1.807) is 7.11 Å². The Morgan fingerprint density at radius 3 is 2.37 bits per heavy atom. The number of ether oxygens (including phenoxy) is 1. The van der Waals surface area contributed by atoms with Gasteiger partial charge >= 0.3 is 0 Å². The fourth-order valence-electron chi connectivity index (χ4n) is 3.54. The molecule has 1 aliphatic heterocycles. The molecular formula is C22H29N3OS. The average molecular weight is 384 g/mol. The van der Waals surface area contributed by atoms with Crippen LogP contribution in [0.1, 0.15) is 36.4 Å². The summed E-state index contributed by atoms with van der Waals surface area (Å²) >= 11 is 5.50. The molecular weight excluding hydrogens is 354 g/mol. The molecule has 1 atom stereocenters.